The van der Waals surface area contributed by atoms with E-state index in [9.17, 15) is 4.79 Å². The minimum absolute atomic E-state index is 0.0966. The van der Waals surface area contributed by atoms with E-state index in [1.54, 1.807) is 11.0 Å². The molecule has 7 nitrogen and oxygen atoms in total. The maximum atomic E-state index is 12.2. The zero-order valence-electron chi connectivity index (χ0n) is 11.9. The van der Waals surface area contributed by atoms with Crippen LogP contribution in [0.1, 0.15) is 31.4 Å². The van der Waals surface area contributed by atoms with E-state index in [0.29, 0.717) is 11.0 Å². The number of aryl methyl sites for hydroxylation is 1. The normalized spacial score (nSPS) is 22.1. The second-order valence-corrected chi connectivity index (χ2v) is 6.39. The molecule has 1 aliphatic rings. The zero-order chi connectivity index (χ0) is 14.7. The van der Waals surface area contributed by atoms with E-state index in [1.807, 2.05) is 12.3 Å². The fraction of sp³-hybridized carbons (Fsp3) is 0.615. The number of hydrogen-bond acceptors (Lipinski definition) is 6. The van der Waals surface area contributed by atoms with Crippen LogP contribution in [0.3, 0.4) is 0 Å². The third-order valence-electron chi connectivity index (χ3n) is 3.90. The number of anilines is 1. The van der Waals surface area contributed by atoms with Crippen molar-refractivity contribution in [2.45, 2.75) is 39.2 Å². The Kier molecular flexibility index (Phi) is 4.23. The van der Waals surface area contributed by atoms with Crippen LogP contribution in [0.5, 0.6) is 0 Å². The molecule has 1 N–H and O–H groups in total. The maximum Gasteiger partial charge on any atom is 0.229 e. The number of rotatable bonds is 4. The Labute approximate surface area is 126 Å². The molecule has 112 valence electrons. The van der Waals surface area contributed by atoms with Gasteiger partial charge in [-0.3, -0.25) is 4.79 Å². The summed E-state index contributed by atoms with van der Waals surface area (Å²) in [7, 11) is 0. The Morgan fingerprint density at radius 2 is 2.24 bits per heavy atom. The SMILES string of the molecule is Cc1csc(NC(=O)C2CCC(Cn3cnnn3)CC2)n1. The average Bonchev–Trinajstić information content (AvgIpc) is 3.12. The van der Waals surface area contributed by atoms with Crippen molar-refractivity contribution in [3.05, 3.63) is 17.4 Å². The molecule has 0 aliphatic heterocycles. The van der Waals surface area contributed by atoms with Gasteiger partial charge in [0.1, 0.15) is 6.33 Å². The fourth-order valence-electron chi connectivity index (χ4n) is 2.75. The number of aromatic nitrogens is 5. The van der Waals surface area contributed by atoms with Crippen molar-refractivity contribution in [2.75, 3.05) is 5.32 Å². The monoisotopic (exact) mass is 306 g/mol. The smallest absolute Gasteiger partial charge is 0.229 e. The molecule has 0 spiro atoms. The van der Waals surface area contributed by atoms with Crippen molar-refractivity contribution in [1.29, 1.82) is 0 Å². The van der Waals surface area contributed by atoms with E-state index in [0.717, 1.165) is 37.9 Å². The van der Waals surface area contributed by atoms with Crippen LogP contribution in [-0.2, 0) is 11.3 Å². The second-order valence-electron chi connectivity index (χ2n) is 5.53. The molecule has 1 fully saturated rings. The molecule has 0 radical (unpaired) electrons. The molecule has 1 amide bonds. The van der Waals surface area contributed by atoms with Gasteiger partial charge in [0.2, 0.25) is 5.91 Å². The molecule has 8 heteroatoms. The van der Waals surface area contributed by atoms with E-state index < -0.39 is 0 Å². The first-order valence-corrected chi connectivity index (χ1v) is 8.02. The molecule has 3 rings (SSSR count). The highest BCUT2D eigenvalue weighted by atomic mass is 32.1. The van der Waals surface area contributed by atoms with Crippen LogP contribution in [0.4, 0.5) is 5.13 Å². The zero-order valence-corrected chi connectivity index (χ0v) is 12.7. The van der Waals surface area contributed by atoms with Gasteiger partial charge in [-0.05, 0) is 49.0 Å². The standard InChI is InChI=1S/C13H18N6OS/c1-9-7-21-13(15-9)16-12(20)11-4-2-10(3-5-11)6-19-8-14-17-18-19/h7-8,10-11H,2-6H2,1H3,(H,15,16,20). The Balaban J connectivity index is 1.47. The molecule has 0 unspecified atom stereocenters. The van der Waals surface area contributed by atoms with Crippen molar-refractivity contribution in [3.63, 3.8) is 0 Å². The Hall–Kier alpha value is -1.83. The number of carbonyl (C=O) groups is 1. The van der Waals surface area contributed by atoms with Crippen molar-refractivity contribution in [3.8, 4) is 0 Å². The van der Waals surface area contributed by atoms with Gasteiger partial charge < -0.3 is 5.32 Å². The van der Waals surface area contributed by atoms with Crippen LogP contribution < -0.4 is 5.32 Å². The maximum absolute atomic E-state index is 12.2. The number of hydrogen-bond donors (Lipinski definition) is 1. The first-order chi connectivity index (χ1) is 10.2. The van der Waals surface area contributed by atoms with E-state index in [2.05, 4.69) is 25.8 Å². The number of carbonyl (C=O) groups excluding carboxylic acids is 1. The second kappa shape index (κ2) is 6.30. The van der Waals surface area contributed by atoms with Crippen LogP contribution in [0.25, 0.3) is 0 Å². The lowest BCUT2D eigenvalue weighted by Gasteiger charge is -2.27. The summed E-state index contributed by atoms with van der Waals surface area (Å²) in [5.41, 5.74) is 0.945. The predicted molar refractivity (Wildman–Crippen MR) is 78.7 cm³/mol. The van der Waals surface area contributed by atoms with Gasteiger partial charge in [-0.15, -0.1) is 16.4 Å². The lowest BCUT2D eigenvalue weighted by molar-refractivity contribution is -0.121. The van der Waals surface area contributed by atoms with Gasteiger partial charge in [-0.2, -0.15) is 0 Å². The fourth-order valence-corrected chi connectivity index (χ4v) is 3.45. The molecule has 2 aromatic rings. The molecular formula is C13H18N6OS. The Morgan fingerprint density at radius 1 is 1.43 bits per heavy atom. The summed E-state index contributed by atoms with van der Waals surface area (Å²) in [6.07, 6.45) is 5.55. The van der Waals surface area contributed by atoms with Crippen molar-refractivity contribution in [2.24, 2.45) is 11.8 Å². The summed E-state index contributed by atoms with van der Waals surface area (Å²) in [5, 5.41) is 16.7. The van der Waals surface area contributed by atoms with Crippen LogP contribution >= 0.6 is 11.3 Å². The molecule has 0 saturated heterocycles. The van der Waals surface area contributed by atoms with Gasteiger partial charge in [0.15, 0.2) is 5.13 Å². The van der Waals surface area contributed by atoms with Gasteiger partial charge in [0.25, 0.3) is 0 Å². The van der Waals surface area contributed by atoms with Crippen molar-refractivity contribution < 1.29 is 4.79 Å². The Bertz CT molecular complexity index is 588. The largest absolute Gasteiger partial charge is 0.302 e. The van der Waals surface area contributed by atoms with Crippen molar-refractivity contribution >= 4 is 22.4 Å². The topological polar surface area (TPSA) is 85.6 Å². The first kappa shape index (κ1) is 14.1. The van der Waals surface area contributed by atoms with Gasteiger partial charge in [0.05, 0.1) is 5.69 Å². The van der Waals surface area contributed by atoms with E-state index in [4.69, 9.17) is 0 Å². The van der Waals surface area contributed by atoms with Crippen LogP contribution in [0.15, 0.2) is 11.7 Å². The van der Waals surface area contributed by atoms with Crippen LogP contribution in [0.2, 0.25) is 0 Å². The van der Waals surface area contributed by atoms with Gasteiger partial charge >= 0.3 is 0 Å². The number of nitrogens with one attached hydrogen (secondary N) is 1. The number of amides is 1. The summed E-state index contributed by atoms with van der Waals surface area (Å²) >= 11 is 1.48. The number of nitrogens with zero attached hydrogens (tertiary/aromatic N) is 5. The van der Waals surface area contributed by atoms with E-state index in [1.165, 1.54) is 11.3 Å². The average molecular weight is 306 g/mol. The summed E-state index contributed by atoms with van der Waals surface area (Å²) in [6, 6.07) is 0. The summed E-state index contributed by atoms with van der Waals surface area (Å²) in [6.45, 7) is 2.77. The number of thiazole rings is 1. The van der Waals surface area contributed by atoms with E-state index >= 15 is 0 Å². The highest BCUT2D eigenvalue weighted by Gasteiger charge is 2.27. The van der Waals surface area contributed by atoms with Crippen LogP contribution in [0, 0.1) is 18.8 Å². The summed E-state index contributed by atoms with van der Waals surface area (Å²) in [4.78, 5) is 16.5. The minimum Gasteiger partial charge on any atom is -0.302 e. The van der Waals surface area contributed by atoms with Crippen molar-refractivity contribution in [1.82, 2.24) is 25.2 Å². The molecule has 21 heavy (non-hydrogen) atoms. The molecule has 0 aromatic carbocycles. The highest BCUT2D eigenvalue weighted by molar-refractivity contribution is 7.13. The van der Waals surface area contributed by atoms with E-state index in [-0.39, 0.29) is 11.8 Å². The van der Waals surface area contributed by atoms with Gasteiger partial charge in [-0.1, -0.05) is 0 Å². The molecule has 0 bridgehead atoms. The predicted octanol–water partition coefficient (Wildman–Crippen LogP) is 1.88. The third-order valence-corrected chi connectivity index (χ3v) is 4.78. The lowest BCUT2D eigenvalue weighted by atomic mass is 9.81. The summed E-state index contributed by atoms with van der Waals surface area (Å²) in [5.74, 6) is 0.754. The van der Waals surface area contributed by atoms with Gasteiger partial charge in [-0.25, -0.2) is 9.67 Å². The first-order valence-electron chi connectivity index (χ1n) is 7.14. The Morgan fingerprint density at radius 3 is 2.86 bits per heavy atom. The minimum atomic E-state index is 0.0966. The molecule has 0 atom stereocenters. The number of tetrazole rings is 1. The molecule has 2 heterocycles. The molecular weight excluding hydrogens is 288 g/mol. The summed E-state index contributed by atoms with van der Waals surface area (Å²) < 4.78 is 1.77. The third kappa shape index (κ3) is 3.63. The highest BCUT2D eigenvalue weighted by Crippen LogP contribution is 2.30. The quantitative estimate of drug-likeness (QED) is 0.932. The van der Waals surface area contributed by atoms with Crippen LogP contribution in [-0.4, -0.2) is 31.1 Å². The molecule has 1 aliphatic carbocycles. The molecule has 1 saturated carbocycles. The molecule has 2 aromatic heterocycles. The van der Waals surface area contributed by atoms with Gasteiger partial charge in [0, 0.05) is 17.8 Å². The lowest BCUT2D eigenvalue weighted by Crippen LogP contribution is -2.28.